The van der Waals surface area contributed by atoms with Gasteiger partial charge in [-0.3, -0.25) is 0 Å². The molecular formula is C14H6Br2ClFN2. The Balaban J connectivity index is 2.24. The summed E-state index contributed by atoms with van der Waals surface area (Å²) >= 11 is 12.8. The Bertz CT molecular complexity index is 824. The van der Waals surface area contributed by atoms with E-state index in [4.69, 9.17) is 11.6 Å². The maximum atomic E-state index is 14.0. The van der Waals surface area contributed by atoms with Gasteiger partial charge in [0.2, 0.25) is 0 Å². The number of hydrogen-bond acceptors (Lipinski definition) is 2. The molecule has 0 radical (unpaired) electrons. The summed E-state index contributed by atoms with van der Waals surface area (Å²) in [6.45, 7) is 0. The predicted octanol–water partition coefficient (Wildman–Crippen LogP) is 5.61. The molecule has 0 fully saturated rings. The largest absolute Gasteiger partial charge is 0.228 e. The standard InChI is InChI=1S/C14H6Br2ClFN2/c15-7-2-4-12-10(5-7)13(17)20-14(19-12)9-3-1-8(16)6-11(9)18/h1-6H. The first kappa shape index (κ1) is 13.9. The van der Waals surface area contributed by atoms with Gasteiger partial charge in [0.05, 0.1) is 11.1 Å². The Morgan fingerprint density at radius 2 is 1.65 bits per heavy atom. The van der Waals surface area contributed by atoms with Gasteiger partial charge < -0.3 is 0 Å². The molecule has 20 heavy (non-hydrogen) atoms. The number of halogens is 4. The van der Waals surface area contributed by atoms with E-state index in [9.17, 15) is 4.39 Å². The second kappa shape index (κ2) is 5.39. The quantitative estimate of drug-likeness (QED) is 0.482. The minimum absolute atomic E-state index is 0.273. The number of rotatable bonds is 1. The number of hydrogen-bond donors (Lipinski definition) is 0. The Hall–Kier alpha value is -1.04. The Morgan fingerprint density at radius 3 is 2.40 bits per heavy atom. The van der Waals surface area contributed by atoms with Crippen LogP contribution in [0.25, 0.3) is 22.3 Å². The van der Waals surface area contributed by atoms with Gasteiger partial charge in [0, 0.05) is 14.3 Å². The fourth-order valence-electron chi connectivity index (χ4n) is 1.85. The van der Waals surface area contributed by atoms with Crippen LogP contribution in [0.5, 0.6) is 0 Å². The molecule has 3 aromatic rings. The van der Waals surface area contributed by atoms with Gasteiger partial charge in [0.25, 0.3) is 0 Å². The van der Waals surface area contributed by atoms with E-state index in [1.165, 1.54) is 6.07 Å². The molecule has 0 spiro atoms. The topological polar surface area (TPSA) is 25.8 Å². The van der Waals surface area contributed by atoms with Crippen molar-refractivity contribution in [2.75, 3.05) is 0 Å². The van der Waals surface area contributed by atoms with Crippen LogP contribution in [0.1, 0.15) is 0 Å². The van der Waals surface area contributed by atoms with E-state index >= 15 is 0 Å². The molecule has 1 aromatic heterocycles. The highest BCUT2D eigenvalue weighted by atomic mass is 79.9. The highest BCUT2D eigenvalue weighted by Crippen LogP contribution is 2.29. The van der Waals surface area contributed by atoms with Crippen molar-refractivity contribution in [3.63, 3.8) is 0 Å². The zero-order chi connectivity index (χ0) is 14.3. The third-order valence-electron chi connectivity index (χ3n) is 2.78. The zero-order valence-corrected chi connectivity index (χ0v) is 13.8. The average molecular weight is 416 g/mol. The molecule has 0 aliphatic rings. The van der Waals surface area contributed by atoms with Crippen LogP contribution < -0.4 is 0 Å². The monoisotopic (exact) mass is 414 g/mol. The summed E-state index contributed by atoms with van der Waals surface area (Å²) < 4.78 is 15.5. The number of aromatic nitrogens is 2. The number of nitrogens with zero attached hydrogens (tertiary/aromatic N) is 2. The van der Waals surface area contributed by atoms with Crippen molar-refractivity contribution in [1.82, 2.24) is 9.97 Å². The van der Waals surface area contributed by atoms with Crippen molar-refractivity contribution < 1.29 is 4.39 Å². The minimum atomic E-state index is -0.396. The molecule has 0 amide bonds. The summed E-state index contributed by atoms with van der Waals surface area (Å²) in [6, 6.07) is 10.2. The predicted molar refractivity (Wildman–Crippen MR) is 85.3 cm³/mol. The van der Waals surface area contributed by atoms with Gasteiger partial charge in [0.15, 0.2) is 5.82 Å². The molecule has 0 atom stereocenters. The molecule has 3 rings (SSSR count). The Kier molecular flexibility index (Phi) is 3.75. The lowest BCUT2D eigenvalue weighted by Gasteiger charge is -2.06. The molecule has 2 aromatic carbocycles. The van der Waals surface area contributed by atoms with Crippen LogP contribution in [0.4, 0.5) is 4.39 Å². The molecule has 0 N–H and O–H groups in total. The third kappa shape index (κ3) is 2.57. The molecule has 0 aliphatic heterocycles. The zero-order valence-electron chi connectivity index (χ0n) is 9.87. The van der Waals surface area contributed by atoms with E-state index in [1.54, 1.807) is 12.1 Å². The molecule has 100 valence electrons. The first-order valence-corrected chi connectivity index (χ1v) is 7.59. The molecule has 0 saturated heterocycles. The second-order valence-corrected chi connectivity index (χ2v) is 6.31. The van der Waals surface area contributed by atoms with Crippen LogP contribution in [0.2, 0.25) is 5.15 Å². The minimum Gasteiger partial charge on any atom is -0.228 e. The molecule has 2 nitrogen and oxygen atoms in total. The smallest absolute Gasteiger partial charge is 0.164 e. The van der Waals surface area contributed by atoms with Crippen molar-refractivity contribution in [2.45, 2.75) is 0 Å². The lowest BCUT2D eigenvalue weighted by Crippen LogP contribution is -1.94. The van der Waals surface area contributed by atoms with Gasteiger partial charge in [-0.1, -0.05) is 43.5 Å². The van der Waals surface area contributed by atoms with Gasteiger partial charge in [-0.2, -0.15) is 0 Å². The van der Waals surface area contributed by atoms with E-state index in [0.29, 0.717) is 20.7 Å². The maximum absolute atomic E-state index is 14.0. The van der Waals surface area contributed by atoms with Crippen LogP contribution in [-0.2, 0) is 0 Å². The van der Waals surface area contributed by atoms with Gasteiger partial charge in [-0.15, -0.1) is 0 Å². The van der Waals surface area contributed by atoms with E-state index in [2.05, 4.69) is 41.8 Å². The van der Waals surface area contributed by atoms with Gasteiger partial charge in [0.1, 0.15) is 11.0 Å². The van der Waals surface area contributed by atoms with Crippen molar-refractivity contribution in [3.05, 3.63) is 56.3 Å². The van der Waals surface area contributed by atoms with Crippen LogP contribution in [0.3, 0.4) is 0 Å². The third-order valence-corrected chi connectivity index (χ3v) is 4.06. The second-order valence-electron chi connectivity index (χ2n) is 4.12. The summed E-state index contributed by atoms with van der Waals surface area (Å²) in [6.07, 6.45) is 0. The Labute approximate surface area is 136 Å². The Morgan fingerprint density at radius 1 is 0.950 bits per heavy atom. The van der Waals surface area contributed by atoms with Gasteiger partial charge in [-0.25, -0.2) is 14.4 Å². The molecule has 0 bridgehead atoms. The summed E-state index contributed by atoms with van der Waals surface area (Å²) in [5.41, 5.74) is 0.991. The van der Waals surface area contributed by atoms with Crippen LogP contribution in [-0.4, -0.2) is 9.97 Å². The fraction of sp³-hybridized carbons (Fsp3) is 0. The number of benzene rings is 2. The fourth-order valence-corrected chi connectivity index (χ4v) is 2.78. The summed E-state index contributed by atoms with van der Waals surface area (Å²) in [5.74, 6) is -0.123. The van der Waals surface area contributed by atoms with E-state index in [-0.39, 0.29) is 5.82 Å². The first-order chi connectivity index (χ1) is 9.54. The lowest BCUT2D eigenvalue weighted by atomic mass is 10.2. The van der Waals surface area contributed by atoms with Crippen molar-refractivity contribution >= 4 is 54.4 Å². The first-order valence-electron chi connectivity index (χ1n) is 5.63. The van der Waals surface area contributed by atoms with Crippen molar-refractivity contribution in [2.24, 2.45) is 0 Å². The highest BCUT2D eigenvalue weighted by molar-refractivity contribution is 9.10. The van der Waals surface area contributed by atoms with Crippen molar-refractivity contribution in [1.29, 1.82) is 0 Å². The van der Waals surface area contributed by atoms with Crippen molar-refractivity contribution in [3.8, 4) is 11.4 Å². The summed E-state index contributed by atoms with van der Waals surface area (Å²) in [7, 11) is 0. The van der Waals surface area contributed by atoms with E-state index < -0.39 is 5.82 Å². The van der Waals surface area contributed by atoms with E-state index in [1.807, 2.05) is 18.2 Å². The molecule has 0 saturated carbocycles. The maximum Gasteiger partial charge on any atom is 0.164 e. The van der Waals surface area contributed by atoms with Gasteiger partial charge >= 0.3 is 0 Å². The number of fused-ring (bicyclic) bond motifs is 1. The van der Waals surface area contributed by atoms with Crippen LogP contribution >= 0.6 is 43.5 Å². The van der Waals surface area contributed by atoms with Gasteiger partial charge in [-0.05, 0) is 36.4 Å². The summed E-state index contributed by atoms with van der Waals surface area (Å²) in [5, 5.41) is 1.02. The summed E-state index contributed by atoms with van der Waals surface area (Å²) in [4.78, 5) is 8.55. The molecule has 0 unspecified atom stereocenters. The molecule has 1 heterocycles. The van der Waals surface area contributed by atoms with Crippen LogP contribution in [0, 0.1) is 5.82 Å². The van der Waals surface area contributed by atoms with E-state index in [0.717, 1.165) is 9.86 Å². The SMILES string of the molecule is Fc1cc(Br)ccc1-c1nc(Cl)c2cc(Br)ccc2n1. The average Bonchev–Trinajstić information content (AvgIpc) is 2.39. The normalized spacial score (nSPS) is 11.0. The highest BCUT2D eigenvalue weighted by Gasteiger charge is 2.12. The molecule has 0 aliphatic carbocycles. The lowest BCUT2D eigenvalue weighted by molar-refractivity contribution is 0.629. The molecule has 6 heteroatoms. The van der Waals surface area contributed by atoms with Crippen LogP contribution in [0.15, 0.2) is 45.3 Å². The molecular weight excluding hydrogens is 410 g/mol.